The molecule has 1 aliphatic carbocycles. The number of nitrogens with two attached hydrogens (primary N) is 1. The molecule has 0 atom stereocenters. The van der Waals surface area contributed by atoms with Crippen LogP contribution in [0.15, 0.2) is 0 Å². The summed E-state index contributed by atoms with van der Waals surface area (Å²) in [5.41, 5.74) is 4.25. The fourth-order valence-electron chi connectivity index (χ4n) is 1.42. The maximum absolute atomic E-state index is 11.1. The summed E-state index contributed by atoms with van der Waals surface area (Å²) >= 11 is 0. The first-order valence-electron chi connectivity index (χ1n) is 4.18. The lowest BCUT2D eigenvalue weighted by atomic mass is 9.69. The summed E-state index contributed by atoms with van der Waals surface area (Å²) < 4.78 is 4.73. The van der Waals surface area contributed by atoms with E-state index in [2.05, 4.69) is 0 Å². The lowest BCUT2D eigenvalue weighted by molar-refractivity contribution is -0.160. The lowest BCUT2D eigenvalue weighted by Gasteiger charge is -2.39. The van der Waals surface area contributed by atoms with E-state index in [0.29, 0.717) is 6.61 Å². The van der Waals surface area contributed by atoms with Crippen molar-refractivity contribution in [2.75, 3.05) is 6.61 Å². The number of carboxylic acids is 1. The number of carbonyl (C=O) groups is 2. The Hall–Kier alpha value is -1.10. The van der Waals surface area contributed by atoms with Crippen LogP contribution in [-0.4, -0.2) is 29.2 Å². The highest BCUT2D eigenvalue weighted by molar-refractivity contribution is 5.84. The zero-order chi connectivity index (χ0) is 10.1. The van der Waals surface area contributed by atoms with E-state index in [9.17, 15) is 9.59 Å². The maximum Gasteiger partial charge on any atom is 0.323 e. The van der Waals surface area contributed by atoms with Gasteiger partial charge in [-0.25, -0.2) is 0 Å². The molecule has 0 aromatic rings. The molecule has 5 nitrogen and oxygen atoms in total. The highest BCUT2D eigenvalue weighted by atomic mass is 16.5. The lowest BCUT2D eigenvalue weighted by Crippen LogP contribution is -2.59. The van der Waals surface area contributed by atoms with Crippen LogP contribution in [0.5, 0.6) is 0 Å². The van der Waals surface area contributed by atoms with Gasteiger partial charge in [0, 0.05) is 0 Å². The van der Waals surface area contributed by atoms with Crippen molar-refractivity contribution < 1.29 is 19.4 Å². The number of aliphatic carboxylic acids is 1. The van der Waals surface area contributed by atoms with Crippen molar-refractivity contribution in [1.29, 1.82) is 0 Å². The minimum atomic E-state index is -1.21. The molecule has 0 heterocycles. The van der Waals surface area contributed by atoms with Crippen molar-refractivity contribution >= 4 is 11.9 Å². The number of rotatable bonds is 3. The maximum atomic E-state index is 11.1. The summed E-state index contributed by atoms with van der Waals surface area (Å²) in [6.07, 6.45) is 0.363. The van der Waals surface area contributed by atoms with Crippen LogP contribution in [0.25, 0.3) is 0 Å². The first-order valence-corrected chi connectivity index (χ1v) is 4.18. The Kier molecular flexibility index (Phi) is 2.56. The molecule has 1 aliphatic rings. The summed E-state index contributed by atoms with van der Waals surface area (Å²) in [6.45, 7) is 2.03. The number of carboxylic acid groups (broad SMARTS) is 1. The Morgan fingerprint density at radius 3 is 2.54 bits per heavy atom. The molecule has 5 heteroatoms. The van der Waals surface area contributed by atoms with E-state index >= 15 is 0 Å². The molecule has 0 aliphatic heterocycles. The molecule has 0 unspecified atom stereocenters. The van der Waals surface area contributed by atoms with E-state index in [4.69, 9.17) is 15.6 Å². The molecule has 0 amide bonds. The van der Waals surface area contributed by atoms with Crippen LogP contribution in [0.1, 0.15) is 19.8 Å². The molecule has 0 bridgehead atoms. The van der Waals surface area contributed by atoms with Crippen LogP contribution in [0.4, 0.5) is 0 Å². The van der Waals surface area contributed by atoms with Gasteiger partial charge in [-0.1, -0.05) is 0 Å². The number of hydrogen-bond donors (Lipinski definition) is 2. The Labute approximate surface area is 75.9 Å². The molecule has 1 rings (SSSR count). The summed E-state index contributed by atoms with van der Waals surface area (Å²) in [5.74, 6) is -1.72. The van der Waals surface area contributed by atoms with E-state index in [0.717, 1.165) is 0 Å². The number of esters is 1. The predicted molar refractivity (Wildman–Crippen MR) is 43.9 cm³/mol. The minimum Gasteiger partial charge on any atom is -0.480 e. The fraction of sp³-hybridized carbons (Fsp3) is 0.750. The Balaban J connectivity index is 2.40. The van der Waals surface area contributed by atoms with Gasteiger partial charge in [0.05, 0.1) is 12.5 Å². The van der Waals surface area contributed by atoms with Gasteiger partial charge in [0.2, 0.25) is 0 Å². The van der Waals surface area contributed by atoms with Gasteiger partial charge in [0.25, 0.3) is 0 Å². The molecule has 0 aromatic heterocycles. The SMILES string of the molecule is CCOC(=O)C1CC(N)(C(=O)O)C1. The first kappa shape index (κ1) is 9.98. The predicted octanol–water partition coefficient (Wildman–Crippen LogP) is -0.258. The third-order valence-electron chi connectivity index (χ3n) is 2.27. The van der Waals surface area contributed by atoms with Gasteiger partial charge < -0.3 is 15.6 Å². The molecule has 0 spiro atoms. The number of hydrogen-bond acceptors (Lipinski definition) is 4. The van der Waals surface area contributed by atoms with E-state index < -0.39 is 11.5 Å². The van der Waals surface area contributed by atoms with Crippen LogP contribution in [0.2, 0.25) is 0 Å². The second-order valence-corrected chi connectivity index (χ2v) is 3.32. The molecule has 0 radical (unpaired) electrons. The minimum absolute atomic E-state index is 0.182. The average Bonchev–Trinajstić information content (AvgIpc) is 1.98. The third-order valence-corrected chi connectivity index (χ3v) is 2.27. The summed E-state index contributed by atoms with van der Waals surface area (Å²) in [4.78, 5) is 21.6. The molecule has 1 fully saturated rings. The molecule has 3 N–H and O–H groups in total. The average molecular weight is 187 g/mol. The normalized spacial score (nSPS) is 32.0. The molecule has 0 aromatic carbocycles. The zero-order valence-corrected chi connectivity index (χ0v) is 7.45. The standard InChI is InChI=1S/C8H13NO4/c1-2-13-6(10)5-3-8(9,4-5)7(11)12/h5H,2-4,9H2,1H3,(H,11,12). The zero-order valence-electron chi connectivity index (χ0n) is 7.45. The van der Waals surface area contributed by atoms with Crippen molar-refractivity contribution in [3.63, 3.8) is 0 Å². The number of ether oxygens (including phenoxy) is 1. The number of carbonyl (C=O) groups excluding carboxylic acids is 1. The Morgan fingerprint density at radius 2 is 2.15 bits per heavy atom. The van der Waals surface area contributed by atoms with Crippen molar-refractivity contribution in [3.8, 4) is 0 Å². The van der Waals surface area contributed by atoms with Gasteiger partial charge in [-0.15, -0.1) is 0 Å². The first-order chi connectivity index (χ1) is 5.99. The third kappa shape index (κ3) is 1.80. The fourth-order valence-corrected chi connectivity index (χ4v) is 1.42. The van der Waals surface area contributed by atoms with Crippen LogP contribution in [-0.2, 0) is 14.3 Å². The molecular weight excluding hydrogens is 174 g/mol. The Bertz CT molecular complexity index is 232. The van der Waals surface area contributed by atoms with E-state index in [1.807, 2.05) is 0 Å². The van der Waals surface area contributed by atoms with Gasteiger partial charge >= 0.3 is 11.9 Å². The largest absolute Gasteiger partial charge is 0.480 e. The van der Waals surface area contributed by atoms with Crippen LogP contribution >= 0.6 is 0 Å². The van der Waals surface area contributed by atoms with Crippen LogP contribution in [0, 0.1) is 5.92 Å². The second-order valence-electron chi connectivity index (χ2n) is 3.32. The smallest absolute Gasteiger partial charge is 0.323 e. The van der Waals surface area contributed by atoms with Crippen LogP contribution < -0.4 is 5.73 Å². The highest BCUT2D eigenvalue weighted by Crippen LogP contribution is 2.36. The molecule has 0 saturated heterocycles. The van der Waals surface area contributed by atoms with E-state index in [-0.39, 0.29) is 24.7 Å². The molecule has 74 valence electrons. The molecular formula is C8H13NO4. The van der Waals surface area contributed by atoms with Crippen molar-refractivity contribution in [2.45, 2.75) is 25.3 Å². The summed E-state index contributed by atoms with van der Waals surface area (Å²) in [6, 6.07) is 0. The van der Waals surface area contributed by atoms with E-state index in [1.165, 1.54) is 0 Å². The Morgan fingerprint density at radius 1 is 1.62 bits per heavy atom. The van der Waals surface area contributed by atoms with Crippen molar-refractivity contribution in [2.24, 2.45) is 11.7 Å². The topological polar surface area (TPSA) is 89.6 Å². The van der Waals surface area contributed by atoms with Crippen LogP contribution in [0.3, 0.4) is 0 Å². The van der Waals surface area contributed by atoms with Crippen molar-refractivity contribution in [3.05, 3.63) is 0 Å². The molecule has 13 heavy (non-hydrogen) atoms. The van der Waals surface area contributed by atoms with Gasteiger partial charge in [-0.3, -0.25) is 9.59 Å². The summed E-state index contributed by atoms with van der Waals surface area (Å²) in [7, 11) is 0. The molecule has 1 saturated carbocycles. The van der Waals surface area contributed by atoms with Crippen molar-refractivity contribution in [1.82, 2.24) is 0 Å². The quantitative estimate of drug-likeness (QED) is 0.594. The van der Waals surface area contributed by atoms with E-state index in [1.54, 1.807) is 6.92 Å². The van der Waals surface area contributed by atoms with Gasteiger partial charge in [-0.2, -0.15) is 0 Å². The van der Waals surface area contributed by atoms with Gasteiger partial charge in [-0.05, 0) is 19.8 Å². The summed E-state index contributed by atoms with van der Waals surface area (Å²) in [5, 5.41) is 8.64. The van der Waals surface area contributed by atoms with Gasteiger partial charge in [0.1, 0.15) is 5.54 Å². The monoisotopic (exact) mass is 187 g/mol. The highest BCUT2D eigenvalue weighted by Gasteiger charge is 2.50. The van der Waals surface area contributed by atoms with Gasteiger partial charge in [0.15, 0.2) is 0 Å². The second kappa shape index (κ2) is 3.33.